The highest BCUT2D eigenvalue weighted by Crippen LogP contribution is 2.60. The number of esters is 3. The highest BCUT2D eigenvalue weighted by molar-refractivity contribution is 5.98. The summed E-state index contributed by atoms with van der Waals surface area (Å²) in [7, 11) is 0. The van der Waals surface area contributed by atoms with Gasteiger partial charge in [0.05, 0.1) is 11.8 Å². The van der Waals surface area contributed by atoms with E-state index in [-0.39, 0.29) is 54.1 Å². The van der Waals surface area contributed by atoms with Crippen molar-refractivity contribution in [1.82, 2.24) is 0 Å². The fourth-order valence-corrected chi connectivity index (χ4v) is 4.30. The number of cyclic esters (lactones) is 2. The molecule has 5 aliphatic rings. The molecule has 5 nitrogen and oxygen atoms in total. The molecule has 1 aliphatic heterocycles. The monoisotopic (exact) mass is 274 g/mol. The van der Waals surface area contributed by atoms with Gasteiger partial charge in [-0.1, -0.05) is 18.2 Å². The van der Waals surface area contributed by atoms with Crippen LogP contribution >= 0.6 is 0 Å². The van der Waals surface area contributed by atoms with Crippen molar-refractivity contribution >= 4 is 17.9 Å². The molecular weight excluding hydrogens is 260 g/mol. The van der Waals surface area contributed by atoms with E-state index in [1.54, 1.807) is 0 Å². The largest absolute Gasteiger partial charge is 0.461 e. The van der Waals surface area contributed by atoms with Crippen LogP contribution in [0.3, 0.4) is 0 Å². The first-order chi connectivity index (χ1) is 9.58. The lowest BCUT2D eigenvalue weighted by Gasteiger charge is -2.53. The average Bonchev–Trinajstić information content (AvgIpc) is 2.66. The van der Waals surface area contributed by atoms with Gasteiger partial charge in [0.2, 0.25) is 0 Å². The first-order valence-electron chi connectivity index (χ1n) is 6.86. The van der Waals surface area contributed by atoms with E-state index < -0.39 is 5.97 Å². The van der Waals surface area contributed by atoms with Gasteiger partial charge in [0.25, 0.3) is 0 Å². The van der Waals surface area contributed by atoms with E-state index in [1.807, 2.05) is 12.2 Å². The van der Waals surface area contributed by atoms with Crippen molar-refractivity contribution in [2.75, 3.05) is 6.61 Å². The Morgan fingerprint density at radius 2 is 1.75 bits per heavy atom. The highest BCUT2D eigenvalue weighted by atomic mass is 16.6. The van der Waals surface area contributed by atoms with Crippen molar-refractivity contribution in [1.29, 1.82) is 0 Å². The molecule has 5 rings (SSSR count). The standard InChI is InChI=1S/C15H14O5/c1-6(16)19-5-7-4-10-8-2-3-9(11(7)10)13-12(8)14(17)20-15(13)18/h2-4,8-13H,5H2,1H3/t8-,9-,10-,11+,12+,13+/m0/s1. The van der Waals surface area contributed by atoms with Gasteiger partial charge in [-0.25, -0.2) is 0 Å². The lowest BCUT2D eigenvalue weighted by molar-refractivity contribution is -0.154. The lowest BCUT2D eigenvalue weighted by Crippen LogP contribution is -2.53. The Balaban J connectivity index is 1.63. The van der Waals surface area contributed by atoms with Crippen LogP contribution in [0.1, 0.15) is 6.92 Å². The topological polar surface area (TPSA) is 69.7 Å². The molecule has 0 unspecified atom stereocenters. The molecule has 5 heteroatoms. The van der Waals surface area contributed by atoms with E-state index >= 15 is 0 Å². The van der Waals surface area contributed by atoms with Crippen molar-refractivity contribution in [3.63, 3.8) is 0 Å². The second kappa shape index (κ2) is 3.81. The zero-order valence-electron chi connectivity index (χ0n) is 10.9. The van der Waals surface area contributed by atoms with Crippen molar-refractivity contribution in [3.8, 4) is 0 Å². The fourth-order valence-electron chi connectivity index (χ4n) is 4.30. The summed E-state index contributed by atoms with van der Waals surface area (Å²) < 4.78 is 9.87. The van der Waals surface area contributed by atoms with Gasteiger partial charge in [-0.15, -0.1) is 0 Å². The summed E-state index contributed by atoms with van der Waals surface area (Å²) in [6, 6.07) is 0. The van der Waals surface area contributed by atoms with Crippen LogP contribution in [0, 0.1) is 35.5 Å². The van der Waals surface area contributed by atoms with E-state index in [2.05, 4.69) is 6.08 Å². The molecule has 6 atom stereocenters. The van der Waals surface area contributed by atoms with Crippen molar-refractivity contribution in [3.05, 3.63) is 23.8 Å². The molecule has 4 aliphatic carbocycles. The minimum absolute atomic E-state index is 0.00417. The third-order valence-corrected chi connectivity index (χ3v) is 5.07. The number of allylic oxidation sites excluding steroid dienone is 3. The minimum atomic E-state index is -0.392. The molecule has 0 aromatic rings. The molecule has 0 aromatic carbocycles. The van der Waals surface area contributed by atoms with Crippen LogP contribution in [-0.2, 0) is 23.9 Å². The molecule has 2 bridgehead atoms. The summed E-state index contributed by atoms with van der Waals surface area (Å²) in [5, 5.41) is 0. The van der Waals surface area contributed by atoms with Crippen molar-refractivity contribution in [2.24, 2.45) is 35.5 Å². The van der Waals surface area contributed by atoms with Crippen molar-refractivity contribution in [2.45, 2.75) is 6.92 Å². The number of carbonyl (C=O) groups excluding carboxylic acids is 3. The molecule has 0 spiro atoms. The Hall–Kier alpha value is -1.91. The maximum Gasteiger partial charge on any atom is 0.318 e. The molecule has 0 radical (unpaired) electrons. The van der Waals surface area contributed by atoms with Gasteiger partial charge in [-0.2, -0.15) is 0 Å². The van der Waals surface area contributed by atoms with Crippen LogP contribution in [0.5, 0.6) is 0 Å². The second-order valence-corrected chi connectivity index (χ2v) is 5.96. The molecule has 1 heterocycles. The van der Waals surface area contributed by atoms with Crippen LogP contribution in [0.25, 0.3) is 0 Å². The maximum atomic E-state index is 11.9. The average molecular weight is 274 g/mol. The smallest absolute Gasteiger partial charge is 0.318 e. The second-order valence-electron chi connectivity index (χ2n) is 5.96. The molecule has 104 valence electrons. The van der Waals surface area contributed by atoms with E-state index in [9.17, 15) is 14.4 Å². The number of ether oxygens (including phenoxy) is 2. The Morgan fingerprint density at radius 1 is 1.10 bits per heavy atom. The lowest BCUT2D eigenvalue weighted by atomic mass is 9.48. The van der Waals surface area contributed by atoms with Crippen LogP contribution in [0.4, 0.5) is 0 Å². The zero-order valence-corrected chi connectivity index (χ0v) is 10.9. The van der Waals surface area contributed by atoms with Crippen molar-refractivity contribution < 1.29 is 23.9 Å². The zero-order chi connectivity index (χ0) is 14.0. The Morgan fingerprint density at radius 3 is 2.45 bits per heavy atom. The summed E-state index contributed by atoms with van der Waals surface area (Å²) in [5.41, 5.74) is 1.06. The normalized spacial score (nSPS) is 43.4. The Labute approximate surface area is 115 Å². The fraction of sp³-hybridized carbons (Fsp3) is 0.533. The van der Waals surface area contributed by atoms with Crippen LogP contribution in [-0.4, -0.2) is 24.5 Å². The maximum absolute atomic E-state index is 11.9. The third-order valence-electron chi connectivity index (χ3n) is 5.07. The van der Waals surface area contributed by atoms with Gasteiger partial charge >= 0.3 is 17.9 Å². The number of hydrogen-bond acceptors (Lipinski definition) is 5. The summed E-state index contributed by atoms with van der Waals surface area (Å²) >= 11 is 0. The summed E-state index contributed by atoms with van der Waals surface area (Å²) in [5.74, 6) is -1.20. The van der Waals surface area contributed by atoms with Gasteiger partial charge in [-0.05, 0) is 29.2 Å². The molecule has 20 heavy (non-hydrogen) atoms. The summed E-state index contributed by atoms with van der Waals surface area (Å²) in [6.45, 7) is 1.67. The first-order valence-corrected chi connectivity index (χ1v) is 6.86. The van der Waals surface area contributed by atoms with Crippen LogP contribution in [0.2, 0.25) is 0 Å². The SMILES string of the molecule is CC(=O)OCC1=C[C@H]2[C@@H]3C=C[C@@H]([C@@H]12)[C@H]1C(=O)OC(=O)[C@H]31. The third kappa shape index (κ3) is 1.35. The molecule has 2 fully saturated rings. The van der Waals surface area contributed by atoms with Gasteiger partial charge in [0.15, 0.2) is 0 Å². The van der Waals surface area contributed by atoms with Crippen LogP contribution in [0.15, 0.2) is 23.8 Å². The molecule has 1 saturated heterocycles. The molecule has 1 saturated carbocycles. The van der Waals surface area contributed by atoms with Gasteiger partial charge in [-0.3, -0.25) is 14.4 Å². The van der Waals surface area contributed by atoms with Gasteiger partial charge in [0, 0.05) is 6.92 Å². The van der Waals surface area contributed by atoms with E-state index in [4.69, 9.17) is 9.47 Å². The Bertz CT molecular complexity index is 587. The summed E-state index contributed by atoms with van der Waals surface area (Å²) in [4.78, 5) is 34.6. The van der Waals surface area contributed by atoms with Gasteiger partial charge < -0.3 is 9.47 Å². The minimum Gasteiger partial charge on any atom is -0.461 e. The Kier molecular flexibility index (Phi) is 2.26. The number of hydrogen-bond donors (Lipinski definition) is 0. The molecule has 0 N–H and O–H groups in total. The summed E-state index contributed by atoms with van der Waals surface area (Å²) in [6.07, 6.45) is 6.17. The number of carbonyl (C=O) groups is 3. The predicted octanol–water partition coefficient (Wildman–Crippen LogP) is 0.853. The molecule has 0 aromatic heterocycles. The highest BCUT2D eigenvalue weighted by Gasteiger charge is 2.63. The predicted molar refractivity (Wildman–Crippen MR) is 65.9 cm³/mol. The van der Waals surface area contributed by atoms with E-state index in [0.29, 0.717) is 0 Å². The van der Waals surface area contributed by atoms with E-state index in [1.165, 1.54) is 6.92 Å². The van der Waals surface area contributed by atoms with Crippen LogP contribution < -0.4 is 0 Å². The molecular formula is C15H14O5. The quantitative estimate of drug-likeness (QED) is 0.424. The molecule has 0 amide bonds. The van der Waals surface area contributed by atoms with E-state index in [0.717, 1.165) is 5.57 Å². The first kappa shape index (κ1) is 11.9. The number of rotatable bonds is 2. The van der Waals surface area contributed by atoms with Gasteiger partial charge in [0.1, 0.15) is 6.61 Å².